The average Bonchev–Trinajstić information content (AvgIpc) is 2.81. The van der Waals surface area contributed by atoms with E-state index in [2.05, 4.69) is 57.6 Å². The molecule has 31 heavy (non-hydrogen) atoms. The second kappa shape index (κ2) is 9.67. The minimum atomic E-state index is -0.0917. The van der Waals surface area contributed by atoms with E-state index in [9.17, 15) is 4.79 Å². The summed E-state index contributed by atoms with van der Waals surface area (Å²) >= 11 is 0. The highest BCUT2D eigenvalue weighted by atomic mass is 16.1. The number of benzene rings is 3. The SMILES string of the molecule is CN(C)c1cccc(C(=O)Nc2ccc(N3CCN(Cc4ccccc4)CC3)cc2)c1. The highest BCUT2D eigenvalue weighted by molar-refractivity contribution is 6.04. The highest BCUT2D eigenvalue weighted by Crippen LogP contribution is 2.21. The number of nitrogens with one attached hydrogen (secondary N) is 1. The predicted octanol–water partition coefficient (Wildman–Crippen LogP) is 4.33. The van der Waals surface area contributed by atoms with Crippen LogP contribution in [0.15, 0.2) is 78.9 Å². The minimum Gasteiger partial charge on any atom is -0.378 e. The molecule has 0 bridgehead atoms. The molecule has 0 aliphatic carbocycles. The summed E-state index contributed by atoms with van der Waals surface area (Å²) in [6, 6.07) is 26.5. The number of anilines is 3. The van der Waals surface area contributed by atoms with Crippen LogP contribution < -0.4 is 15.1 Å². The lowest BCUT2D eigenvalue weighted by Gasteiger charge is -2.36. The minimum absolute atomic E-state index is 0.0917. The van der Waals surface area contributed by atoms with E-state index in [1.807, 2.05) is 55.4 Å². The van der Waals surface area contributed by atoms with E-state index in [1.165, 1.54) is 11.3 Å². The van der Waals surface area contributed by atoms with Crippen molar-refractivity contribution in [2.45, 2.75) is 6.54 Å². The van der Waals surface area contributed by atoms with Crippen LogP contribution in [0.5, 0.6) is 0 Å². The number of rotatable bonds is 6. The number of hydrogen-bond acceptors (Lipinski definition) is 4. The Morgan fingerprint density at radius 3 is 2.26 bits per heavy atom. The van der Waals surface area contributed by atoms with Gasteiger partial charge in [0, 0.05) is 69.4 Å². The van der Waals surface area contributed by atoms with Crippen LogP contribution >= 0.6 is 0 Å². The third-order valence-corrected chi connectivity index (χ3v) is 5.74. The van der Waals surface area contributed by atoms with E-state index in [0.29, 0.717) is 5.56 Å². The Morgan fingerprint density at radius 2 is 1.58 bits per heavy atom. The van der Waals surface area contributed by atoms with Crippen LogP contribution in [0.4, 0.5) is 17.1 Å². The molecular formula is C26H30N4O. The van der Waals surface area contributed by atoms with Crippen LogP contribution in [-0.2, 0) is 6.54 Å². The molecule has 1 aliphatic heterocycles. The molecule has 0 unspecified atom stereocenters. The van der Waals surface area contributed by atoms with Crippen molar-refractivity contribution < 1.29 is 4.79 Å². The van der Waals surface area contributed by atoms with Crippen molar-refractivity contribution in [1.82, 2.24) is 4.90 Å². The molecule has 0 radical (unpaired) electrons. The first-order valence-corrected chi connectivity index (χ1v) is 10.8. The van der Waals surface area contributed by atoms with Crippen molar-refractivity contribution in [1.29, 1.82) is 0 Å². The molecule has 1 aliphatic rings. The quantitative estimate of drug-likeness (QED) is 0.652. The van der Waals surface area contributed by atoms with Gasteiger partial charge >= 0.3 is 0 Å². The van der Waals surface area contributed by atoms with E-state index in [0.717, 1.165) is 44.1 Å². The number of carbonyl (C=O) groups is 1. The number of carbonyl (C=O) groups excluding carboxylic acids is 1. The first-order chi connectivity index (χ1) is 15.1. The standard InChI is InChI=1S/C26H30N4O/c1-28(2)25-10-6-9-22(19-25)26(31)27-23-11-13-24(14-12-23)30-17-15-29(16-18-30)20-21-7-4-3-5-8-21/h3-14,19H,15-18,20H2,1-2H3,(H,27,31). The molecule has 0 spiro atoms. The largest absolute Gasteiger partial charge is 0.378 e. The third-order valence-electron chi connectivity index (χ3n) is 5.74. The van der Waals surface area contributed by atoms with Crippen molar-refractivity contribution in [3.63, 3.8) is 0 Å². The van der Waals surface area contributed by atoms with Crippen molar-refractivity contribution in [3.8, 4) is 0 Å². The Bertz CT molecular complexity index is 993. The topological polar surface area (TPSA) is 38.8 Å². The van der Waals surface area contributed by atoms with Crippen molar-refractivity contribution in [2.24, 2.45) is 0 Å². The molecule has 3 aromatic rings. The zero-order valence-corrected chi connectivity index (χ0v) is 18.3. The zero-order valence-electron chi connectivity index (χ0n) is 18.3. The molecule has 5 heteroatoms. The molecule has 4 rings (SSSR count). The van der Waals surface area contributed by atoms with E-state index in [4.69, 9.17) is 0 Å². The normalized spacial score (nSPS) is 14.3. The molecule has 5 nitrogen and oxygen atoms in total. The van der Waals surface area contributed by atoms with Gasteiger partial charge in [-0.2, -0.15) is 0 Å². The fourth-order valence-electron chi connectivity index (χ4n) is 3.89. The molecule has 1 amide bonds. The lowest BCUT2D eigenvalue weighted by molar-refractivity contribution is 0.102. The second-order valence-electron chi connectivity index (χ2n) is 8.19. The van der Waals surface area contributed by atoms with Crippen LogP contribution in [0.1, 0.15) is 15.9 Å². The molecule has 1 heterocycles. The first kappa shape index (κ1) is 20.9. The third kappa shape index (κ3) is 5.44. The van der Waals surface area contributed by atoms with Gasteiger partial charge < -0.3 is 15.1 Å². The van der Waals surface area contributed by atoms with Crippen LogP contribution in [0.2, 0.25) is 0 Å². The van der Waals surface area contributed by atoms with Gasteiger partial charge in [-0.15, -0.1) is 0 Å². The summed E-state index contributed by atoms with van der Waals surface area (Å²) in [7, 11) is 3.94. The van der Waals surface area contributed by atoms with Gasteiger partial charge in [-0.1, -0.05) is 36.4 Å². The smallest absolute Gasteiger partial charge is 0.255 e. The van der Waals surface area contributed by atoms with Gasteiger partial charge in [-0.05, 0) is 48.0 Å². The fraction of sp³-hybridized carbons (Fsp3) is 0.269. The summed E-state index contributed by atoms with van der Waals surface area (Å²) in [5.41, 5.74) is 5.05. The van der Waals surface area contributed by atoms with E-state index in [-0.39, 0.29) is 5.91 Å². The second-order valence-corrected chi connectivity index (χ2v) is 8.19. The molecule has 3 aromatic carbocycles. The van der Waals surface area contributed by atoms with Crippen LogP contribution in [0, 0.1) is 0 Å². The van der Waals surface area contributed by atoms with E-state index >= 15 is 0 Å². The molecule has 0 saturated carbocycles. The van der Waals surface area contributed by atoms with Gasteiger partial charge in [-0.3, -0.25) is 9.69 Å². The first-order valence-electron chi connectivity index (χ1n) is 10.8. The van der Waals surface area contributed by atoms with Crippen LogP contribution in [0.3, 0.4) is 0 Å². The average molecular weight is 415 g/mol. The van der Waals surface area contributed by atoms with E-state index < -0.39 is 0 Å². The summed E-state index contributed by atoms with van der Waals surface area (Å²) in [5.74, 6) is -0.0917. The van der Waals surface area contributed by atoms with Crippen molar-refractivity contribution in [2.75, 3.05) is 55.4 Å². The molecular weight excluding hydrogens is 384 g/mol. The van der Waals surface area contributed by atoms with Crippen LogP contribution in [-0.4, -0.2) is 51.1 Å². The Kier molecular flexibility index (Phi) is 6.53. The van der Waals surface area contributed by atoms with Crippen molar-refractivity contribution in [3.05, 3.63) is 90.0 Å². The summed E-state index contributed by atoms with van der Waals surface area (Å²) < 4.78 is 0. The number of amides is 1. The molecule has 1 saturated heterocycles. The fourth-order valence-corrected chi connectivity index (χ4v) is 3.89. The molecule has 1 N–H and O–H groups in total. The Morgan fingerprint density at radius 1 is 0.871 bits per heavy atom. The Labute approximate surface area is 184 Å². The molecule has 0 atom stereocenters. The maximum Gasteiger partial charge on any atom is 0.255 e. The summed E-state index contributed by atoms with van der Waals surface area (Å²) in [5, 5.41) is 3.00. The zero-order chi connectivity index (χ0) is 21.6. The molecule has 1 fully saturated rings. The van der Waals surface area contributed by atoms with Gasteiger partial charge in [0.05, 0.1) is 0 Å². The molecule has 160 valence electrons. The Balaban J connectivity index is 1.31. The summed E-state index contributed by atoms with van der Waals surface area (Å²) in [6.45, 7) is 5.13. The maximum absolute atomic E-state index is 12.6. The monoisotopic (exact) mass is 414 g/mol. The van der Waals surface area contributed by atoms with E-state index in [1.54, 1.807) is 0 Å². The van der Waals surface area contributed by atoms with Gasteiger partial charge in [0.1, 0.15) is 0 Å². The Hall–Kier alpha value is -3.31. The summed E-state index contributed by atoms with van der Waals surface area (Å²) in [6.07, 6.45) is 0. The van der Waals surface area contributed by atoms with Gasteiger partial charge in [-0.25, -0.2) is 0 Å². The van der Waals surface area contributed by atoms with Gasteiger partial charge in [0.15, 0.2) is 0 Å². The van der Waals surface area contributed by atoms with Gasteiger partial charge in [0.2, 0.25) is 0 Å². The lowest BCUT2D eigenvalue weighted by atomic mass is 10.1. The van der Waals surface area contributed by atoms with Crippen molar-refractivity contribution >= 4 is 23.0 Å². The number of piperazine rings is 1. The molecule has 0 aromatic heterocycles. The maximum atomic E-state index is 12.6. The lowest BCUT2D eigenvalue weighted by Crippen LogP contribution is -2.45. The number of nitrogens with zero attached hydrogens (tertiary/aromatic N) is 3. The highest BCUT2D eigenvalue weighted by Gasteiger charge is 2.17. The van der Waals surface area contributed by atoms with Gasteiger partial charge in [0.25, 0.3) is 5.91 Å². The van der Waals surface area contributed by atoms with Crippen LogP contribution in [0.25, 0.3) is 0 Å². The predicted molar refractivity (Wildman–Crippen MR) is 129 cm³/mol. The summed E-state index contributed by atoms with van der Waals surface area (Å²) in [4.78, 5) is 19.5. The number of hydrogen-bond donors (Lipinski definition) is 1.